The van der Waals surface area contributed by atoms with Crippen LogP contribution < -0.4 is 0 Å². The van der Waals surface area contributed by atoms with Crippen molar-refractivity contribution >= 4 is 64.6 Å². The van der Waals surface area contributed by atoms with Gasteiger partial charge in [-0.15, -0.1) is 0 Å². The lowest BCUT2D eigenvalue weighted by Crippen LogP contribution is -1.81. The maximum absolute atomic E-state index is 2.35. The first kappa shape index (κ1) is 15.0. The summed E-state index contributed by atoms with van der Waals surface area (Å²) in [5.41, 5.74) is 0. The summed E-state index contributed by atoms with van der Waals surface area (Å²) in [7, 11) is 0. The van der Waals surface area contributed by atoms with Crippen LogP contribution in [0.15, 0.2) is 97.1 Å². The number of hydrogen-bond acceptors (Lipinski definition) is 0. The molecule has 0 amide bonds. The van der Waals surface area contributed by atoms with Gasteiger partial charge in [-0.25, -0.2) is 0 Å². The van der Waals surface area contributed by atoms with E-state index in [0.717, 1.165) is 0 Å². The Labute approximate surface area is 172 Å². The predicted octanol–water partition coefficient (Wildman–Crippen LogP) is 8.21. The summed E-state index contributed by atoms with van der Waals surface area (Å²) in [6.45, 7) is 0. The molecule has 2 aliphatic carbocycles. The van der Waals surface area contributed by atoms with Crippen LogP contribution in [0.3, 0.4) is 0 Å². The largest absolute Gasteiger partial charge is 0.0616 e. The Morgan fingerprint density at radius 2 is 0.700 bits per heavy atom. The fraction of sp³-hybridized carbons (Fsp3) is 0. The average molecular weight is 376 g/mol. The van der Waals surface area contributed by atoms with Crippen molar-refractivity contribution < 1.29 is 0 Å². The highest BCUT2D eigenvalue weighted by Crippen LogP contribution is 2.45. The van der Waals surface area contributed by atoms with E-state index in [1.807, 2.05) is 0 Å². The van der Waals surface area contributed by atoms with Crippen LogP contribution in [0, 0.1) is 10.4 Å². The average Bonchev–Trinajstić information content (AvgIpc) is 3.31. The smallest absolute Gasteiger partial charge is 0.000697 e. The van der Waals surface area contributed by atoms with Gasteiger partial charge in [-0.1, -0.05) is 84.9 Å². The SMILES string of the molecule is c1ccc2c(c1)cc1cccc3c4c5c6ccccc6cc6cccc(c=4c2c13)c65. The Balaban J connectivity index is 1.89. The van der Waals surface area contributed by atoms with Crippen molar-refractivity contribution in [2.24, 2.45) is 0 Å². The van der Waals surface area contributed by atoms with Crippen LogP contribution in [0.2, 0.25) is 0 Å². The van der Waals surface area contributed by atoms with E-state index in [2.05, 4.69) is 97.1 Å². The van der Waals surface area contributed by atoms with Gasteiger partial charge in [0.1, 0.15) is 0 Å². The number of fused-ring (bicyclic) bond motifs is 8. The lowest BCUT2D eigenvalue weighted by molar-refractivity contribution is 1.80. The Morgan fingerprint density at radius 1 is 0.300 bits per heavy atom. The molecule has 0 saturated carbocycles. The van der Waals surface area contributed by atoms with Crippen LogP contribution in [-0.2, 0) is 0 Å². The number of hydrogen-bond donors (Lipinski definition) is 0. The van der Waals surface area contributed by atoms with E-state index in [0.29, 0.717) is 0 Å². The third kappa shape index (κ3) is 1.58. The van der Waals surface area contributed by atoms with E-state index in [-0.39, 0.29) is 0 Å². The van der Waals surface area contributed by atoms with Gasteiger partial charge in [0.2, 0.25) is 0 Å². The Kier molecular flexibility index (Phi) is 2.49. The van der Waals surface area contributed by atoms with Crippen molar-refractivity contribution in [1.82, 2.24) is 0 Å². The molecule has 0 fully saturated rings. The molecule has 8 rings (SSSR count). The molecular weight excluding hydrogens is 360 g/mol. The molecule has 0 nitrogen and oxygen atoms in total. The molecule has 2 aliphatic rings. The predicted molar refractivity (Wildman–Crippen MR) is 129 cm³/mol. The molecule has 0 unspecified atom stereocenters. The number of rotatable bonds is 0. The molecule has 0 heteroatoms. The molecule has 0 heterocycles. The maximum atomic E-state index is 2.35. The normalized spacial score (nSPS) is 12.7. The highest BCUT2D eigenvalue weighted by Gasteiger charge is 2.20. The summed E-state index contributed by atoms with van der Waals surface area (Å²) in [6.07, 6.45) is 0. The van der Waals surface area contributed by atoms with Gasteiger partial charge in [0.05, 0.1) is 0 Å². The molecular formula is C30H16. The topological polar surface area (TPSA) is 0 Å². The molecule has 0 bridgehead atoms. The molecule has 30 heavy (non-hydrogen) atoms. The maximum Gasteiger partial charge on any atom is -0.000697 e. The zero-order valence-electron chi connectivity index (χ0n) is 16.2. The van der Waals surface area contributed by atoms with Gasteiger partial charge >= 0.3 is 0 Å². The summed E-state index contributed by atoms with van der Waals surface area (Å²) in [6, 6.07) is 36.0. The molecule has 6 aromatic rings. The first-order valence-corrected chi connectivity index (χ1v) is 10.5. The molecule has 0 aromatic heterocycles. The van der Waals surface area contributed by atoms with E-state index in [4.69, 9.17) is 0 Å². The highest BCUT2D eigenvalue weighted by atomic mass is 14.2. The Bertz CT molecular complexity index is 1840. The van der Waals surface area contributed by atoms with Gasteiger partial charge in [0.15, 0.2) is 0 Å². The van der Waals surface area contributed by atoms with E-state index in [1.165, 1.54) is 75.1 Å². The molecule has 6 aromatic carbocycles. The Hall–Kier alpha value is -3.90. The molecule has 0 atom stereocenters. The highest BCUT2D eigenvalue weighted by molar-refractivity contribution is 6.31. The van der Waals surface area contributed by atoms with Crippen LogP contribution >= 0.6 is 0 Å². The second-order valence-corrected chi connectivity index (χ2v) is 8.50. The van der Waals surface area contributed by atoms with Gasteiger partial charge < -0.3 is 0 Å². The van der Waals surface area contributed by atoms with Gasteiger partial charge in [-0.3, -0.25) is 0 Å². The zero-order chi connectivity index (χ0) is 19.4. The fourth-order valence-corrected chi connectivity index (χ4v) is 5.97. The van der Waals surface area contributed by atoms with Crippen molar-refractivity contribution in [2.45, 2.75) is 0 Å². The van der Waals surface area contributed by atoms with Gasteiger partial charge in [0, 0.05) is 0 Å². The minimum absolute atomic E-state index is 1.32. The van der Waals surface area contributed by atoms with Crippen molar-refractivity contribution in [1.29, 1.82) is 0 Å². The summed E-state index contributed by atoms with van der Waals surface area (Å²) < 4.78 is 0. The molecule has 0 N–H and O–H groups in total. The Morgan fingerprint density at radius 3 is 1.20 bits per heavy atom. The lowest BCUT2D eigenvalue weighted by atomic mass is 9.95. The third-order valence-electron chi connectivity index (χ3n) is 7.06. The van der Waals surface area contributed by atoms with Crippen LogP contribution in [0.4, 0.5) is 0 Å². The van der Waals surface area contributed by atoms with Crippen LogP contribution in [0.25, 0.3) is 64.6 Å². The van der Waals surface area contributed by atoms with Gasteiger partial charge in [-0.2, -0.15) is 0 Å². The fourth-order valence-electron chi connectivity index (χ4n) is 5.97. The first-order chi connectivity index (χ1) is 14.9. The van der Waals surface area contributed by atoms with Crippen molar-refractivity contribution in [3.8, 4) is 0 Å². The van der Waals surface area contributed by atoms with Crippen LogP contribution in [0.1, 0.15) is 0 Å². The summed E-state index contributed by atoms with van der Waals surface area (Å²) >= 11 is 0. The molecule has 0 aliphatic heterocycles. The van der Waals surface area contributed by atoms with Crippen molar-refractivity contribution in [3.05, 3.63) is 107 Å². The lowest BCUT2D eigenvalue weighted by Gasteiger charge is -2.08. The molecule has 0 saturated heterocycles. The standard InChI is InChI=1S/C30H16/c1-3-11-21-17(7-1)15-19-9-5-13-23-25(19)27(21)29-24-14-6-10-20-16-18-8-2-4-12-22(18)28(26(20)24)30(23)29/h1-16H. The zero-order valence-corrected chi connectivity index (χ0v) is 16.2. The van der Waals surface area contributed by atoms with Crippen molar-refractivity contribution in [3.63, 3.8) is 0 Å². The van der Waals surface area contributed by atoms with E-state index in [1.54, 1.807) is 0 Å². The van der Waals surface area contributed by atoms with E-state index in [9.17, 15) is 0 Å². The molecule has 0 radical (unpaired) electrons. The van der Waals surface area contributed by atoms with E-state index >= 15 is 0 Å². The van der Waals surface area contributed by atoms with Crippen LogP contribution in [-0.4, -0.2) is 0 Å². The summed E-state index contributed by atoms with van der Waals surface area (Å²) in [5.74, 6) is 0. The second-order valence-electron chi connectivity index (χ2n) is 8.50. The first-order valence-electron chi connectivity index (χ1n) is 10.5. The third-order valence-corrected chi connectivity index (χ3v) is 7.06. The van der Waals surface area contributed by atoms with Crippen LogP contribution in [0.5, 0.6) is 0 Å². The van der Waals surface area contributed by atoms with Gasteiger partial charge in [0.25, 0.3) is 0 Å². The molecule has 0 spiro atoms. The van der Waals surface area contributed by atoms with Gasteiger partial charge in [-0.05, 0) is 87.2 Å². The second kappa shape index (κ2) is 4.98. The molecule has 136 valence electrons. The minimum atomic E-state index is 1.32. The monoisotopic (exact) mass is 376 g/mol. The summed E-state index contributed by atoms with van der Waals surface area (Å²) in [5, 5.41) is 19.3. The number of benzene rings is 6. The summed E-state index contributed by atoms with van der Waals surface area (Å²) in [4.78, 5) is 0. The van der Waals surface area contributed by atoms with E-state index < -0.39 is 0 Å². The quantitative estimate of drug-likeness (QED) is 0.234. The van der Waals surface area contributed by atoms with Crippen molar-refractivity contribution in [2.75, 3.05) is 0 Å². The minimum Gasteiger partial charge on any atom is -0.0616 e.